The van der Waals surface area contributed by atoms with E-state index in [9.17, 15) is 9.90 Å². The molecule has 144 valence electrons. The summed E-state index contributed by atoms with van der Waals surface area (Å²) >= 11 is 0. The van der Waals surface area contributed by atoms with Crippen LogP contribution in [0, 0.1) is 12.8 Å². The van der Waals surface area contributed by atoms with Crippen molar-refractivity contribution in [1.29, 1.82) is 0 Å². The van der Waals surface area contributed by atoms with Crippen molar-refractivity contribution < 1.29 is 14.3 Å². The molecule has 2 N–H and O–H groups in total. The molecule has 2 aliphatic rings. The highest BCUT2D eigenvalue weighted by molar-refractivity contribution is 5.93. The molecule has 2 aromatic heterocycles. The van der Waals surface area contributed by atoms with Crippen molar-refractivity contribution in [3.63, 3.8) is 0 Å². The average Bonchev–Trinajstić information content (AvgIpc) is 3.14. The van der Waals surface area contributed by atoms with E-state index < -0.39 is 0 Å². The van der Waals surface area contributed by atoms with Gasteiger partial charge < -0.3 is 19.7 Å². The van der Waals surface area contributed by atoms with Gasteiger partial charge in [0.2, 0.25) is 5.95 Å². The Kier molecular flexibility index (Phi) is 5.11. The van der Waals surface area contributed by atoms with Crippen LogP contribution in [0.15, 0.2) is 22.9 Å². The van der Waals surface area contributed by atoms with E-state index in [2.05, 4.69) is 15.2 Å². The van der Waals surface area contributed by atoms with E-state index in [1.165, 1.54) is 6.26 Å². The normalized spacial score (nSPS) is 20.4. The van der Waals surface area contributed by atoms with Crippen LogP contribution in [0.2, 0.25) is 0 Å². The van der Waals surface area contributed by atoms with Crippen LogP contribution in [-0.4, -0.2) is 40.7 Å². The minimum absolute atomic E-state index is 0.0834. The maximum Gasteiger partial charge on any atom is 0.287 e. The summed E-state index contributed by atoms with van der Waals surface area (Å²) in [6.45, 7) is 3.88. The van der Waals surface area contributed by atoms with Crippen molar-refractivity contribution in [2.24, 2.45) is 5.92 Å². The summed E-state index contributed by atoms with van der Waals surface area (Å²) in [7, 11) is 0. The number of hydrogen-bond donors (Lipinski definition) is 2. The van der Waals surface area contributed by atoms with E-state index in [1.54, 1.807) is 6.07 Å². The predicted molar refractivity (Wildman–Crippen MR) is 101 cm³/mol. The number of fused-ring (bicyclic) bond motifs is 1. The third kappa shape index (κ3) is 3.69. The third-order valence-electron chi connectivity index (χ3n) is 5.70. The van der Waals surface area contributed by atoms with Crippen molar-refractivity contribution in [1.82, 2.24) is 15.3 Å². The number of aryl methyl sites for hydroxylation is 2. The summed E-state index contributed by atoms with van der Waals surface area (Å²) in [4.78, 5) is 24.1. The van der Waals surface area contributed by atoms with Crippen LogP contribution in [0.1, 0.15) is 59.1 Å². The van der Waals surface area contributed by atoms with Gasteiger partial charge in [0.05, 0.1) is 18.0 Å². The Hall–Kier alpha value is -2.41. The van der Waals surface area contributed by atoms with Gasteiger partial charge in [-0.3, -0.25) is 4.79 Å². The van der Waals surface area contributed by atoms with Crippen LogP contribution >= 0.6 is 0 Å². The Morgan fingerprint density at radius 1 is 1.37 bits per heavy atom. The second-order valence-electron chi connectivity index (χ2n) is 7.54. The van der Waals surface area contributed by atoms with Gasteiger partial charge >= 0.3 is 0 Å². The number of aromatic nitrogens is 2. The van der Waals surface area contributed by atoms with E-state index in [1.807, 2.05) is 13.1 Å². The van der Waals surface area contributed by atoms with Gasteiger partial charge in [0.1, 0.15) is 0 Å². The quantitative estimate of drug-likeness (QED) is 0.859. The van der Waals surface area contributed by atoms with Crippen LogP contribution in [0.5, 0.6) is 0 Å². The predicted octanol–water partition coefficient (Wildman–Crippen LogP) is 2.39. The first-order valence-corrected chi connectivity index (χ1v) is 9.72. The van der Waals surface area contributed by atoms with Crippen LogP contribution in [-0.2, 0) is 6.42 Å². The molecule has 27 heavy (non-hydrogen) atoms. The fourth-order valence-corrected chi connectivity index (χ4v) is 3.98. The van der Waals surface area contributed by atoms with Crippen molar-refractivity contribution >= 4 is 11.9 Å². The topological polar surface area (TPSA) is 91.5 Å². The van der Waals surface area contributed by atoms with Crippen LogP contribution < -0.4 is 10.2 Å². The highest BCUT2D eigenvalue weighted by Gasteiger charge is 2.27. The van der Waals surface area contributed by atoms with E-state index in [-0.39, 0.29) is 18.6 Å². The number of anilines is 1. The lowest BCUT2D eigenvalue weighted by atomic mass is 9.92. The number of nitrogens with zero attached hydrogens (tertiary/aromatic N) is 3. The number of hydrogen-bond acceptors (Lipinski definition) is 6. The molecule has 0 spiro atoms. The Morgan fingerprint density at radius 2 is 2.19 bits per heavy atom. The maximum atomic E-state index is 12.5. The van der Waals surface area contributed by atoms with Crippen molar-refractivity contribution in [3.8, 4) is 0 Å². The number of furan rings is 1. The zero-order valence-corrected chi connectivity index (χ0v) is 15.6. The number of aliphatic hydroxyl groups is 1. The van der Waals surface area contributed by atoms with E-state index in [4.69, 9.17) is 9.40 Å². The number of piperidine rings is 1. The van der Waals surface area contributed by atoms with Gasteiger partial charge in [0, 0.05) is 37.0 Å². The molecule has 7 nitrogen and oxygen atoms in total. The molecule has 2 aromatic rings. The number of carbonyl (C=O) groups is 1. The fourth-order valence-electron chi connectivity index (χ4n) is 3.98. The standard InChI is InChI=1S/C20H26N4O3/c1-13-7-10-27-18(13)19(26)22-16-3-2-4-17-15(16)11-21-20(23-17)24-8-5-14(12-25)6-9-24/h7,10-11,14,16,25H,2-6,8-9,12H2,1H3,(H,22,26)/t16-/m0/s1. The fraction of sp³-hybridized carbons (Fsp3) is 0.550. The highest BCUT2D eigenvalue weighted by atomic mass is 16.3. The van der Waals surface area contributed by atoms with Crippen LogP contribution in [0.25, 0.3) is 0 Å². The lowest BCUT2D eigenvalue weighted by molar-refractivity contribution is 0.0903. The monoisotopic (exact) mass is 370 g/mol. The Morgan fingerprint density at radius 3 is 2.89 bits per heavy atom. The van der Waals surface area contributed by atoms with Crippen molar-refractivity contribution in [3.05, 3.63) is 41.1 Å². The Bertz CT molecular complexity index is 811. The van der Waals surface area contributed by atoms with Gasteiger partial charge in [-0.1, -0.05) is 0 Å². The largest absolute Gasteiger partial charge is 0.459 e. The van der Waals surface area contributed by atoms with Crippen LogP contribution in [0.3, 0.4) is 0 Å². The molecule has 1 aliphatic heterocycles. The summed E-state index contributed by atoms with van der Waals surface area (Å²) < 4.78 is 5.30. The molecule has 0 radical (unpaired) electrons. The molecular weight excluding hydrogens is 344 g/mol. The summed E-state index contributed by atoms with van der Waals surface area (Å²) in [6, 6.07) is 1.71. The summed E-state index contributed by atoms with van der Waals surface area (Å²) in [6.07, 6.45) is 8.12. The highest BCUT2D eigenvalue weighted by Crippen LogP contribution is 2.30. The second-order valence-corrected chi connectivity index (χ2v) is 7.54. The third-order valence-corrected chi connectivity index (χ3v) is 5.70. The van der Waals surface area contributed by atoms with Gasteiger partial charge in [0.25, 0.3) is 5.91 Å². The van der Waals surface area contributed by atoms with Gasteiger partial charge in [0.15, 0.2) is 5.76 Å². The van der Waals surface area contributed by atoms with Crippen molar-refractivity contribution in [2.75, 3.05) is 24.6 Å². The molecule has 0 aromatic carbocycles. The smallest absolute Gasteiger partial charge is 0.287 e. The van der Waals surface area contributed by atoms with E-state index in [0.29, 0.717) is 11.7 Å². The molecule has 0 saturated carbocycles. The number of nitrogens with one attached hydrogen (secondary N) is 1. The molecule has 1 amide bonds. The molecule has 1 aliphatic carbocycles. The summed E-state index contributed by atoms with van der Waals surface area (Å²) in [5.74, 6) is 1.33. The Labute approximate surface area is 158 Å². The number of aliphatic hydroxyl groups excluding tert-OH is 1. The van der Waals surface area contributed by atoms with Gasteiger partial charge in [-0.2, -0.15) is 0 Å². The molecule has 1 atom stereocenters. The molecule has 7 heteroatoms. The number of amides is 1. The zero-order chi connectivity index (χ0) is 18.8. The summed E-state index contributed by atoms with van der Waals surface area (Å²) in [5.41, 5.74) is 2.87. The van der Waals surface area contributed by atoms with Crippen molar-refractivity contribution in [2.45, 2.75) is 45.1 Å². The van der Waals surface area contributed by atoms with E-state index >= 15 is 0 Å². The second kappa shape index (κ2) is 7.68. The first kappa shape index (κ1) is 18.0. The summed E-state index contributed by atoms with van der Waals surface area (Å²) in [5, 5.41) is 12.4. The zero-order valence-electron chi connectivity index (χ0n) is 15.6. The lowest BCUT2D eigenvalue weighted by Gasteiger charge is -2.32. The maximum absolute atomic E-state index is 12.5. The van der Waals surface area contributed by atoms with Crippen LogP contribution in [0.4, 0.5) is 5.95 Å². The molecule has 1 saturated heterocycles. The molecule has 0 unspecified atom stereocenters. The average molecular weight is 370 g/mol. The SMILES string of the molecule is Cc1ccoc1C(=O)N[C@H]1CCCc2nc(N3CCC(CO)CC3)ncc21. The minimum atomic E-state index is -0.189. The number of carbonyl (C=O) groups excluding carboxylic acids is 1. The molecule has 3 heterocycles. The van der Waals surface area contributed by atoms with E-state index in [0.717, 1.165) is 68.0 Å². The first-order valence-electron chi connectivity index (χ1n) is 9.72. The molecule has 1 fully saturated rings. The van der Waals surface area contributed by atoms with Gasteiger partial charge in [-0.15, -0.1) is 0 Å². The van der Waals surface area contributed by atoms with Gasteiger partial charge in [-0.25, -0.2) is 9.97 Å². The Balaban J connectivity index is 1.49. The molecule has 0 bridgehead atoms. The lowest BCUT2D eigenvalue weighted by Crippen LogP contribution is -2.36. The minimum Gasteiger partial charge on any atom is -0.459 e. The van der Waals surface area contributed by atoms with Gasteiger partial charge in [-0.05, 0) is 51.0 Å². The number of rotatable bonds is 4. The first-order chi connectivity index (χ1) is 13.2. The molecule has 4 rings (SSSR count). The molecular formula is C20H26N4O3.